The van der Waals surface area contributed by atoms with Gasteiger partial charge in [0.2, 0.25) is 0 Å². The van der Waals surface area contributed by atoms with E-state index in [0.29, 0.717) is 5.25 Å². The van der Waals surface area contributed by atoms with Crippen molar-refractivity contribution in [3.63, 3.8) is 0 Å². The molecule has 0 heterocycles. The fourth-order valence-electron chi connectivity index (χ4n) is 1.36. The molecular formula is C12H18ClNS. The number of nitrogens with two attached hydrogens (primary N) is 1. The highest BCUT2D eigenvalue weighted by molar-refractivity contribution is 8.00. The van der Waals surface area contributed by atoms with E-state index in [9.17, 15) is 0 Å². The predicted molar refractivity (Wildman–Crippen MR) is 69.8 cm³/mol. The number of rotatable bonds is 5. The van der Waals surface area contributed by atoms with Crippen LogP contribution in [0.25, 0.3) is 0 Å². The van der Waals surface area contributed by atoms with Crippen molar-refractivity contribution in [3.05, 3.63) is 28.8 Å². The summed E-state index contributed by atoms with van der Waals surface area (Å²) in [6, 6.07) is 6.31. The quantitative estimate of drug-likeness (QED) is 0.798. The Kier molecular flexibility index (Phi) is 5.51. The van der Waals surface area contributed by atoms with Crippen LogP contribution < -0.4 is 5.73 Å². The normalized spacial score (nSPS) is 11.0. The van der Waals surface area contributed by atoms with E-state index in [2.05, 4.69) is 32.0 Å². The first-order valence-corrected chi connectivity index (χ1v) is 6.54. The van der Waals surface area contributed by atoms with Crippen molar-refractivity contribution in [1.82, 2.24) is 0 Å². The Bertz CT molecular complexity index is 312. The number of halogens is 1. The van der Waals surface area contributed by atoms with E-state index in [1.54, 1.807) is 11.8 Å². The Balaban J connectivity index is 2.70. The molecule has 0 unspecified atom stereocenters. The van der Waals surface area contributed by atoms with Crippen molar-refractivity contribution in [2.45, 2.75) is 36.8 Å². The third kappa shape index (κ3) is 4.45. The highest BCUT2D eigenvalue weighted by Crippen LogP contribution is 2.31. The minimum absolute atomic E-state index is 0.567. The number of hydrogen-bond acceptors (Lipinski definition) is 2. The summed E-state index contributed by atoms with van der Waals surface area (Å²) in [4.78, 5) is 1.17. The molecule has 1 aromatic rings. The molecule has 0 fully saturated rings. The van der Waals surface area contributed by atoms with Crippen molar-refractivity contribution in [3.8, 4) is 0 Å². The van der Waals surface area contributed by atoms with Crippen molar-refractivity contribution < 1.29 is 0 Å². The smallest absolute Gasteiger partial charge is 0.0544 e. The lowest BCUT2D eigenvalue weighted by Gasteiger charge is -2.08. The zero-order chi connectivity index (χ0) is 11.3. The highest BCUT2D eigenvalue weighted by Gasteiger charge is 2.04. The Labute approximate surface area is 101 Å². The van der Waals surface area contributed by atoms with Crippen LogP contribution in [0.4, 0.5) is 0 Å². The second kappa shape index (κ2) is 6.41. The second-order valence-corrected chi connectivity index (χ2v) is 5.85. The largest absolute Gasteiger partial charge is 0.330 e. The molecule has 0 bridgehead atoms. The minimum Gasteiger partial charge on any atom is -0.330 e. The summed E-state index contributed by atoms with van der Waals surface area (Å²) in [6.07, 6.45) is 2.04. The molecule has 0 radical (unpaired) electrons. The van der Waals surface area contributed by atoms with Crippen LogP contribution in [0, 0.1) is 0 Å². The molecule has 1 nitrogen and oxygen atoms in total. The maximum atomic E-state index is 6.20. The molecule has 2 N–H and O–H groups in total. The van der Waals surface area contributed by atoms with Gasteiger partial charge in [-0.1, -0.05) is 31.5 Å². The van der Waals surface area contributed by atoms with Gasteiger partial charge in [0.25, 0.3) is 0 Å². The SMILES string of the molecule is CC(C)Sc1ccc(CCCN)cc1Cl. The van der Waals surface area contributed by atoms with E-state index in [4.69, 9.17) is 17.3 Å². The van der Waals surface area contributed by atoms with Gasteiger partial charge in [-0.05, 0) is 37.1 Å². The van der Waals surface area contributed by atoms with Gasteiger partial charge in [-0.2, -0.15) is 0 Å². The Morgan fingerprint density at radius 2 is 2.13 bits per heavy atom. The molecule has 15 heavy (non-hydrogen) atoms. The van der Waals surface area contributed by atoms with Gasteiger partial charge in [0.05, 0.1) is 5.02 Å². The van der Waals surface area contributed by atoms with Gasteiger partial charge in [-0.3, -0.25) is 0 Å². The molecule has 3 heteroatoms. The molecular weight excluding hydrogens is 226 g/mol. The predicted octanol–water partition coefficient (Wildman–Crippen LogP) is 3.73. The third-order valence-corrected chi connectivity index (χ3v) is 3.53. The summed E-state index contributed by atoms with van der Waals surface area (Å²) in [7, 11) is 0. The molecule has 0 aromatic heterocycles. The average molecular weight is 244 g/mol. The fourth-order valence-corrected chi connectivity index (χ4v) is 2.52. The van der Waals surface area contributed by atoms with Crippen LogP contribution in [0.1, 0.15) is 25.8 Å². The first kappa shape index (κ1) is 12.9. The maximum absolute atomic E-state index is 6.20. The van der Waals surface area contributed by atoms with Gasteiger partial charge >= 0.3 is 0 Å². The van der Waals surface area contributed by atoms with E-state index >= 15 is 0 Å². The molecule has 0 spiro atoms. The average Bonchev–Trinajstić information content (AvgIpc) is 2.18. The number of thioether (sulfide) groups is 1. The Hall–Kier alpha value is -0.180. The monoisotopic (exact) mass is 243 g/mol. The van der Waals surface area contributed by atoms with E-state index in [1.165, 1.54) is 10.5 Å². The first-order chi connectivity index (χ1) is 7.13. The molecule has 0 saturated carbocycles. The third-order valence-electron chi connectivity index (χ3n) is 2.03. The van der Waals surface area contributed by atoms with E-state index in [1.807, 2.05) is 0 Å². The van der Waals surface area contributed by atoms with Crippen molar-refractivity contribution >= 4 is 23.4 Å². The first-order valence-electron chi connectivity index (χ1n) is 5.28. The van der Waals surface area contributed by atoms with Crippen molar-refractivity contribution in [2.24, 2.45) is 5.73 Å². The molecule has 1 rings (SSSR count). The van der Waals surface area contributed by atoms with Gasteiger partial charge in [0.15, 0.2) is 0 Å². The van der Waals surface area contributed by atoms with E-state index < -0.39 is 0 Å². The van der Waals surface area contributed by atoms with Gasteiger partial charge in [0, 0.05) is 10.1 Å². The van der Waals surface area contributed by atoms with Crippen molar-refractivity contribution in [2.75, 3.05) is 6.54 Å². The fraction of sp³-hybridized carbons (Fsp3) is 0.500. The van der Waals surface area contributed by atoms with Crippen LogP contribution in [0.15, 0.2) is 23.1 Å². The van der Waals surface area contributed by atoms with Gasteiger partial charge < -0.3 is 5.73 Å². The standard InChI is InChI=1S/C12H18ClNS/c1-9(2)15-12-6-5-10(4-3-7-14)8-11(12)13/h5-6,8-9H,3-4,7,14H2,1-2H3. The number of hydrogen-bond donors (Lipinski definition) is 1. The zero-order valence-electron chi connectivity index (χ0n) is 9.29. The zero-order valence-corrected chi connectivity index (χ0v) is 10.9. The summed E-state index contributed by atoms with van der Waals surface area (Å²) < 4.78 is 0. The Morgan fingerprint density at radius 1 is 1.40 bits per heavy atom. The highest BCUT2D eigenvalue weighted by atomic mass is 35.5. The molecule has 0 aliphatic carbocycles. The van der Waals surface area contributed by atoms with Gasteiger partial charge in [-0.15, -0.1) is 11.8 Å². The molecule has 0 aliphatic rings. The van der Waals surface area contributed by atoms with Crippen LogP contribution >= 0.6 is 23.4 Å². The van der Waals surface area contributed by atoms with Crippen LogP contribution in [-0.2, 0) is 6.42 Å². The van der Waals surface area contributed by atoms with Gasteiger partial charge in [-0.25, -0.2) is 0 Å². The lowest BCUT2D eigenvalue weighted by atomic mass is 10.1. The van der Waals surface area contributed by atoms with Crippen LogP contribution in [0.3, 0.4) is 0 Å². The lowest BCUT2D eigenvalue weighted by Crippen LogP contribution is -2.00. The summed E-state index contributed by atoms with van der Waals surface area (Å²) in [5, 5.41) is 1.43. The molecule has 0 saturated heterocycles. The summed E-state index contributed by atoms with van der Waals surface area (Å²) in [5.74, 6) is 0. The number of aryl methyl sites for hydroxylation is 1. The molecule has 0 amide bonds. The Morgan fingerprint density at radius 3 is 2.67 bits per heavy atom. The molecule has 84 valence electrons. The second-order valence-electron chi connectivity index (χ2n) is 3.82. The molecule has 0 atom stereocenters. The van der Waals surface area contributed by atoms with Crippen molar-refractivity contribution in [1.29, 1.82) is 0 Å². The van der Waals surface area contributed by atoms with Crippen LogP contribution in [-0.4, -0.2) is 11.8 Å². The lowest BCUT2D eigenvalue weighted by molar-refractivity contribution is 0.832. The maximum Gasteiger partial charge on any atom is 0.0544 e. The molecule has 0 aliphatic heterocycles. The van der Waals surface area contributed by atoms with E-state index in [0.717, 1.165) is 24.4 Å². The summed E-state index contributed by atoms with van der Waals surface area (Å²) >= 11 is 8.00. The summed E-state index contributed by atoms with van der Waals surface area (Å²) in [6.45, 7) is 5.08. The summed E-state index contributed by atoms with van der Waals surface area (Å²) in [5.41, 5.74) is 6.75. The van der Waals surface area contributed by atoms with E-state index in [-0.39, 0.29) is 0 Å². The molecule has 1 aromatic carbocycles. The van der Waals surface area contributed by atoms with Crippen LogP contribution in [0.2, 0.25) is 5.02 Å². The van der Waals surface area contributed by atoms with Crippen LogP contribution in [0.5, 0.6) is 0 Å². The number of benzene rings is 1. The topological polar surface area (TPSA) is 26.0 Å². The van der Waals surface area contributed by atoms with Gasteiger partial charge in [0.1, 0.15) is 0 Å². The minimum atomic E-state index is 0.567.